The smallest absolute Gasteiger partial charge is 0.266 e. The number of para-hydroxylation sites is 2. The molecule has 3 rings (SSSR count). The maximum absolute atomic E-state index is 13.1. The standard InChI is InChI=1S/C23H26N2O3S/c1-4-17(2)28-20-13-9-8-10-18(20)16-21-22(26)25(14-15-27-3)23(29-21)24-19-11-6-5-7-12-19/h5-13,16-17H,4,14-15H2,1-3H3. The first-order valence-electron chi connectivity index (χ1n) is 9.72. The fourth-order valence-corrected chi connectivity index (χ4v) is 3.75. The van der Waals surface area contributed by atoms with Crippen molar-refractivity contribution in [1.29, 1.82) is 0 Å². The number of ether oxygens (including phenoxy) is 2. The van der Waals surface area contributed by atoms with E-state index < -0.39 is 0 Å². The van der Waals surface area contributed by atoms with Crippen LogP contribution in [0.25, 0.3) is 6.08 Å². The van der Waals surface area contributed by atoms with E-state index in [1.165, 1.54) is 11.8 Å². The molecule has 0 N–H and O–H groups in total. The predicted molar refractivity (Wildman–Crippen MR) is 120 cm³/mol. The zero-order valence-corrected chi connectivity index (χ0v) is 17.8. The number of carbonyl (C=O) groups excluding carboxylic acids is 1. The van der Waals surface area contributed by atoms with Gasteiger partial charge in [0.25, 0.3) is 5.91 Å². The number of rotatable bonds is 8. The molecule has 0 bridgehead atoms. The largest absolute Gasteiger partial charge is 0.490 e. The number of aliphatic imine (C=N–C) groups is 1. The quantitative estimate of drug-likeness (QED) is 0.567. The molecule has 1 atom stereocenters. The van der Waals surface area contributed by atoms with Crippen LogP contribution in [0.15, 0.2) is 64.5 Å². The Hall–Kier alpha value is -2.57. The molecule has 2 aromatic carbocycles. The highest BCUT2D eigenvalue weighted by Crippen LogP contribution is 2.35. The van der Waals surface area contributed by atoms with Crippen molar-refractivity contribution < 1.29 is 14.3 Å². The Morgan fingerprint density at radius 2 is 1.86 bits per heavy atom. The first kappa shape index (κ1) is 21.1. The van der Waals surface area contributed by atoms with Gasteiger partial charge in [0.05, 0.1) is 29.8 Å². The molecule has 0 radical (unpaired) electrons. The Labute approximate surface area is 176 Å². The van der Waals surface area contributed by atoms with Crippen LogP contribution in [0.2, 0.25) is 0 Å². The number of benzene rings is 2. The van der Waals surface area contributed by atoms with Crippen molar-refractivity contribution >= 4 is 34.6 Å². The summed E-state index contributed by atoms with van der Waals surface area (Å²) in [5, 5.41) is 0.657. The number of carbonyl (C=O) groups is 1. The van der Waals surface area contributed by atoms with Crippen LogP contribution in [0.5, 0.6) is 5.75 Å². The molecular weight excluding hydrogens is 384 g/mol. The van der Waals surface area contributed by atoms with Gasteiger partial charge in [0.15, 0.2) is 5.17 Å². The Bertz CT molecular complexity index is 896. The first-order valence-corrected chi connectivity index (χ1v) is 10.5. The summed E-state index contributed by atoms with van der Waals surface area (Å²) in [6, 6.07) is 17.4. The number of nitrogens with zero attached hydrogens (tertiary/aromatic N) is 2. The molecule has 1 unspecified atom stereocenters. The summed E-state index contributed by atoms with van der Waals surface area (Å²) in [4.78, 5) is 20.0. The van der Waals surface area contributed by atoms with Crippen LogP contribution < -0.4 is 4.74 Å². The average molecular weight is 411 g/mol. The number of amides is 1. The summed E-state index contributed by atoms with van der Waals surface area (Å²) < 4.78 is 11.2. The lowest BCUT2D eigenvalue weighted by Crippen LogP contribution is -2.32. The maximum Gasteiger partial charge on any atom is 0.266 e. The third-order valence-electron chi connectivity index (χ3n) is 4.50. The van der Waals surface area contributed by atoms with Crippen molar-refractivity contribution in [2.24, 2.45) is 4.99 Å². The van der Waals surface area contributed by atoms with Crippen LogP contribution in [0.4, 0.5) is 5.69 Å². The van der Waals surface area contributed by atoms with Gasteiger partial charge in [-0.05, 0) is 49.4 Å². The monoisotopic (exact) mass is 410 g/mol. The van der Waals surface area contributed by atoms with Gasteiger partial charge in [-0.3, -0.25) is 9.69 Å². The van der Waals surface area contributed by atoms with E-state index in [2.05, 4.69) is 11.9 Å². The lowest BCUT2D eigenvalue weighted by Gasteiger charge is -2.15. The van der Waals surface area contributed by atoms with Gasteiger partial charge < -0.3 is 9.47 Å². The fraction of sp³-hybridized carbons (Fsp3) is 0.304. The fourth-order valence-electron chi connectivity index (χ4n) is 2.73. The summed E-state index contributed by atoms with van der Waals surface area (Å²) in [5.74, 6) is 0.708. The molecule has 29 heavy (non-hydrogen) atoms. The molecule has 1 aliphatic heterocycles. The Balaban J connectivity index is 1.92. The summed E-state index contributed by atoms with van der Waals surface area (Å²) in [6.07, 6.45) is 2.91. The summed E-state index contributed by atoms with van der Waals surface area (Å²) >= 11 is 1.38. The van der Waals surface area contributed by atoms with E-state index in [1.54, 1.807) is 12.0 Å². The van der Waals surface area contributed by atoms with Crippen LogP contribution in [0.3, 0.4) is 0 Å². The molecule has 1 amide bonds. The number of amidine groups is 1. The van der Waals surface area contributed by atoms with Gasteiger partial charge in [-0.1, -0.05) is 43.3 Å². The molecule has 6 heteroatoms. The van der Waals surface area contributed by atoms with Gasteiger partial charge in [0, 0.05) is 12.7 Å². The zero-order valence-electron chi connectivity index (χ0n) is 17.0. The van der Waals surface area contributed by atoms with Crippen molar-refractivity contribution in [3.63, 3.8) is 0 Å². The normalized spacial score (nSPS) is 17.9. The van der Waals surface area contributed by atoms with E-state index in [-0.39, 0.29) is 12.0 Å². The highest BCUT2D eigenvalue weighted by Gasteiger charge is 2.33. The molecule has 1 heterocycles. The van der Waals surface area contributed by atoms with Crippen LogP contribution in [-0.2, 0) is 9.53 Å². The van der Waals surface area contributed by atoms with E-state index in [0.29, 0.717) is 23.2 Å². The van der Waals surface area contributed by atoms with Crippen molar-refractivity contribution in [2.45, 2.75) is 26.4 Å². The molecule has 1 saturated heterocycles. The third kappa shape index (κ3) is 5.49. The van der Waals surface area contributed by atoms with Crippen molar-refractivity contribution in [1.82, 2.24) is 4.90 Å². The van der Waals surface area contributed by atoms with Crippen molar-refractivity contribution in [3.8, 4) is 5.75 Å². The lowest BCUT2D eigenvalue weighted by molar-refractivity contribution is -0.122. The third-order valence-corrected chi connectivity index (χ3v) is 5.50. The second-order valence-electron chi connectivity index (χ2n) is 6.66. The molecule has 0 saturated carbocycles. The average Bonchev–Trinajstić information content (AvgIpc) is 3.02. The molecule has 0 aliphatic carbocycles. The molecule has 0 aromatic heterocycles. The molecule has 2 aromatic rings. The molecule has 1 aliphatic rings. The van der Waals surface area contributed by atoms with Crippen LogP contribution in [-0.4, -0.2) is 42.3 Å². The Morgan fingerprint density at radius 1 is 1.14 bits per heavy atom. The highest BCUT2D eigenvalue weighted by atomic mass is 32.2. The van der Waals surface area contributed by atoms with E-state index in [1.807, 2.05) is 67.6 Å². The number of thioether (sulfide) groups is 1. The van der Waals surface area contributed by atoms with Crippen LogP contribution in [0.1, 0.15) is 25.8 Å². The Kier molecular flexibility index (Phi) is 7.49. The van der Waals surface area contributed by atoms with Gasteiger partial charge in [-0.15, -0.1) is 0 Å². The minimum Gasteiger partial charge on any atom is -0.490 e. The molecule has 152 valence electrons. The number of hydrogen-bond donors (Lipinski definition) is 0. The van der Waals surface area contributed by atoms with Crippen molar-refractivity contribution in [2.75, 3.05) is 20.3 Å². The van der Waals surface area contributed by atoms with Crippen LogP contribution in [0, 0.1) is 0 Å². The van der Waals surface area contributed by atoms with Crippen molar-refractivity contribution in [3.05, 3.63) is 65.1 Å². The van der Waals surface area contributed by atoms with E-state index in [4.69, 9.17) is 9.47 Å². The molecule has 1 fully saturated rings. The van der Waals surface area contributed by atoms with Gasteiger partial charge in [-0.25, -0.2) is 4.99 Å². The second kappa shape index (κ2) is 10.3. The number of hydrogen-bond acceptors (Lipinski definition) is 5. The summed E-state index contributed by atoms with van der Waals surface area (Å²) in [5.41, 5.74) is 1.70. The van der Waals surface area contributed by atoms with Gasteiger partial charge in [0.1, 0.15) is 5.75 Å². The van der Waals surface area contributed by atoms with E-state index in [0.717, 1.165) is 23.4 Å². The van der Waals surface area contributed by atoms with Gasteiger partial charge >= 0.3 is 0 Å². The lowest BCUT2D eigenvalue weighted by atomic mass is 10.1. The molecular formula is C23H26N2O3S. The number of methoxy groups -OCH3 is 1. The predicted octanol–water partition coefficient (Wildman–Crippen LogP) is 5.11. The SMILES string of the molecule is CCC(C)Oc1ccccc1C=C1SC(=Nc2ccccc2)N(CCOC)C1=O. The molecule has 5 nitrogen and oxygen atoms in total. The van der Waals surface area contributed by atoms with E-state index >= 15 is 0 Å². The minimum absolute atomic E-state index is 0.0694. The minimum atomic E-state index is -0.0694. The van der Waals surface area contributed by atoms with E-state index in [9.17, 15) is 4.79 Å². The molecule has 0 spiro atoms. The first-order chi connectivity index (χ1) is 14.1. The maximum atomic E-state index is 13.1. The topological polar surface area (TPSA) is 51.1 Å². The Morgan fingerprint density at radius 3 is 2.59 bits per heavy atom. The van der Waals surface area contributed by atoms with Gasteiger partial charge in [-0.2, -0.15) is 0 Å². The summed E-state index contributed by atoms with van der Waals surface area (Å²) in [6.45, 7) is 5.02. The highest BCUT2D eigenvalue weighted by molar-refractivity contribution is 8.18. The van der Waals surface area contributed by atoms with Gasteiger partial charge in [0.2, 0.25) is 0 Å². The zero-order chi connectivity index (χ0) is 20.6. The summed E-state index contributed by atoms with van der Waals surface area (Å²) in [7, 11) is 1.63. The second-order valence-corrected chi connectivity index (χ2v) is 7.67. The van der Waals surface area contributed by atoms with Crippen LogP contribution >= 0.6 is 11.8 Å².